The molecule has 0 radical (unpaired) electrons. The summed E-state index contributed by atoms with van der Waals surface area (Å²) in [6, 6.07) is 54.9. The minimum atomic E-state index is -0.201. The maximum absolute atomic E-state index is 2.48. The molecule has 0 saturated carbocycles. The Hall–Kier alpha value is -5.54. The van der Waals surface area contributed by atoms with Crippen molar-refractivity contribution in [3.63, 3.8) is 0 Å². The second-order valence-corrected chi connectivity index (χ2v) is 16.9. The highest BCUT2D eigenvalue weighted by atomic mass is 32.1. The minimum Gasteiger partial charge on any atom is -0.135 e. The molecule has 0 nitrogen and oxygen atoms in total. The van der Waals surface area contributed by atoms with E-state index in [1.165, 1.54) is 117 Å². The zero-order valence-electron chi connectivity index (χ0n) is 28.2. The molecule has 238 valence electrons. The van der Waals surface area contributed by atoms with Gasteiger partial charge in [0.2, 0.25) is 0 Å². The molecule has 9 aromatic carbocycles. The largest absolute Gasteiger partial charge is 0.135 e. The summed E-state index contributed by atoms with van der Waals surface area (Å²) < 4.78 is 5.47. The Morgan fingerprint density at radius 2 is 0.863 bits per heavy atom. The summed E-state index contributed by atoms with van der Waals surface area (Å²) in [4.78, 5) is 0. The van der Waals surface area contributed by atoms with E-state index in [1.54, 1.807) is 0 Å². The molecule has 0 bridgehead atoms. The van der Waals surface area contributed by atoms with Crippen LogP contribution in [-0.4, -0.2) is 0 Å². The predicted octanol–water partition coefficient (Wildman–Crippen LogP) is 15.0. The van der Waals surface area contributed by atoms with Crippen LogP contribution in [0.4, 0.5) is 0 Å². The number of hydrogen-bond donors (Lipinski definition) is 0. The first-order valence-corrected chi connectivity index (χ1v) is 19.4. The highest BCUT2D eigenvalue weighted by Crippen LogP contribution is 2.59. The van der Waals surface area contributed by atoms with Gasteiger partial charge in [0.25, 0.3) is 0 Å². The van der Waals surface area contributed by atoms with Crippen molar-refractivity contribution in [2.24, 2.45) is 0 Å². The molecule has 12 rings (SSSR count). The third-order valence-corrected chi connectivity index (χ3v) is 14.1. The molecular weight excluding hydrogens is 653 g/mol. The van der Waals surface area contributed by atoms with Crippen molar-refractivity contribution >= 4 is 106 Å². The van der Waals surface area contributed by atoms with Crippen LogP contribution in [0.1, 0.15) is 25.0 Å². The quantitative estimate of drug-likeness (QED) is 0.151. The highest BCUT2D eigenvalue weighted by molar-refractivity contribution is 7.26. The van der Waals surface area contributed by atoms with Gasteiger partial charge in [0.05, 0.1) is 0 Å². The van der Waals surface area contributed by atoms with Crippen LogP contribution < -0.4 is 0 Å². The summed E-state index contributed by atoms with van der Waals surface area (Å²) >= 11 is 3.87. The van der Waals surface area contributed by atoms with E-state index in [9.17, 15) is 0 Å². The van der Waals surface area contributed by atoms with E-state index in [0.717, 1.165) is 0 Å². The lowest BCUT2D eigenvalue weighted by molar-refractivity contribution is 0.674. The van der Waals surface area contributed by atoms with Gasteiger partial charge in [0.1, 0.15) is 0 Å². The molecule has 2 heterocycles. The summed E-state index contributed by atoms with van der Waals surface area (Å²) in [6.45, 7) is 4.96. The lowest BCUT2D eigenvalue weighted by Gasteiger charge is -2.26. The molecule has 51 heavy (non-hydrogen) atoms. The lowest BCUT2D eigenvalue weighted by Crippen LogP contribution is -2.16. The third-order valence-electron chi connectivity index (χ3n) is 11.8. The lowest BCUT2D eigenvalue weighted by atomic mass is 9.77. The Morgan fingerprint density at radius 1 is 0.373 bits per heavy atom. The van der Waals surface area contributed by atoms with Crippen LogP contribution in [0.3, 0.4) is 0 Å². The number of benzene rings is 9. The molecule has 0 fully saturated rings. The van der Waals surface area contributed by atoms with Crippen LogP contribution in [0.5, 0.6) is 0 Å². The third kappa shape index (κ3) is 3.59. The molecule has 0 N–H and O–H groups in total. The number of rotatable bonds is 1. The number of fused-ring (bicyclic) bond motifs is 20. The van der Waals surface area contributed by atoms with Crippen LogP contribution >= 0.6 is 22.7 Å². The Bertz CT molecular complexity index is 3330. The van der Waals surface area contributed by atoms with E-state index in [0.29, 0.717) is 0 Å². The molecule has 2 aromatic heterocycles. The fourth-order valence-electron chi connectivity index (χ4n) is 9.64. The summed E-state index contributed by atoms with van der Waals surface area (Å²) in [5, 5.41) is 16.2. The average Bonchev–Trinajstić information content (AvgIpc) is 3.81. The van der Waals surface area contributed by atoms with E-state index in [4.69, 9.17) is 0 Å². The van der Waals surface area contributed by atoms with Gasteiger partial charge in [-0.05, 0) is 94.7 Å². The van der Waals surface area contributed by atoms with Gasteiger partial charge >= 0.3 is 0 Å². The average molecular weight is 683 g/mol. The Morgan fingerprint density at radius 3 is 1.55 bits per heavy atom. The molecule has 0 amide bonds. The van der Waals surface area contributed by atoms with Crippen molar-refractivity contribution in [2.45, 2.75) is 19.3 Å². The van der Waals surface area contributed by atoms with Gasteiger partial charge in [-0.15, -0.1) is 22.7 Å². The molecule has 0 saturated heterocycles. The van der Waals surface area contributed by atoms with Crippen molar-refractivity contribution in [1.82, 2.24) is 0 Å². The first-order valence-electron chi connectivity index (χ1n) is 17.8. The smallest absolute Gasteiger partial charge is 0.0402 e. The fourth-order valence-corrected chi connectivity index (χ4v) is 12.2. The molecular formula is C49H30S2. The molecule has 1 aliphatic carbocycles. The van der Waals surface area contributed by atoms with Gasteiger partial charge in [0.15, 0.2) is 0 Å². The Labute approximate surface area is 302 Å². The number of thiophene rings is 2. The zero-order valence-corrected chi connectivity index (χ0v) is 29.8. The van der Waals surface area contributed by atoms with Gasteiger partial charge in [-0.25, -0.2) is 0 Å². The first-order chi connectivity index (χ1) is 25.1. The number of hydrogen-bond acceptors (Lipinski definition) is 2. The first kappa shape index (κ1) is 28.2. The Balaban J connectivity index is 1.14. The summed E-state index contributed by atoms with van der Waals surface area (Å²) in [5.41, 5.74) is 8.10. The molecule has 0 unspecified atom stereocenters. The highest BCUT2D eigenvalue weighted by Gasteiger charge is 2.41. The molecule has 0 atom stereocenters. The standard InChI is InChI=1S/C49H30S2/c1-49(2)46-39(44-37-17-8-7-16-36(37)43-34-14-5-3-11-29(34)30-12-4-6-15-35(30)45(43)47(44)49)24-23-38-33-22-20-28(26-42(33)51-48(38)46)27-19-21-32-31-13-9-10-18-40(31)50-41(32)25-27/h3-26H,1-2H3. The normalized spacial score (nSPS) is 13.8. The van der Waals surface area contributed by atoms with Crippen LogP contribution in [0.2, 0.25) is 0 Å². The SMILES string of the molecule is CC1(C)c2c(ccc3c2sc2cc(-c4ccc5c(c4)sc4ccccc45)ccc23)-c2c1c1c3ccccc3c3ccccc3c1c1ccccc21. The zero-order chi connectivity index (χ0) is 33.6. The summed E-state index contributed by atoms with van der Waals surface area (Å²) in [7, 11) is 0. The van der Waals surface area contributed by atoms with E-state index in [-0.39, 0.29) is 5.41 Å². The van der Waals surface area contributed by atoms with Crippen LogP contribution in [0, 0.1) is 0 Å². The van der Waals surface area contributed by atoms with Crippen molar-refractivity contribution < 1.29 is 0 Å². The predicted molar refractivity (Wildman–Crippen MR) is 225 cm³/mol. The van der Waals surface area contributed by atoms with E-state index < -0.39 is 0 Å². The van der Waals surface area contributed by atoms with E-state index >= 15 is 0 Å². The molecule has 11 aromatic rings. The second kappa shape index (κ2) is 9.82. The van der Waals surface area contributed by atoms with Gasteiger partial charge in [-0.2, -0.15) is 0 Å². The van der Waals surface area contributed by atoms with Gasteiger partial charge in [-0.3, -0.25) is 0 Å². The fraction of sp³-hybridized carbons (Fsp3) is 0.0612. The molecule has 1 aliphatic rings. The second-order valence-electron chi connectivity index (χ2n) is 14.7. The van der Waals surface area contributed by atoms with E-state index in [2.05, 4.69) is 159 Å². The minimum absolute atomic E-state index is 0.201. The molecule has 0 aliphatic heterocycles. The Kier molecular flexibility index (Phi) is 5.43. The summed E-state index contributed by atoms with van der Waals surface area (Å²) in [5.74, 6) is 0. The maximum atomic E-state index is 2.48. The van der Waals surface area contributed by atoms with Gasteiger partial charge in [0, 0.05) is 45.8 Å². The van der Waals surface area contributed by atoms with Crippen LogP contribution in [-0.2, 0) is 5.41 Å². The topological polar surface area (TPSA) is 0 Å². The van der Waals surface area contributed by atoms with E-state index in [1.807, 2.05) is 22.7 Å². The molecule has 0 spiro atoms. The summed E-state index contributed by atoms with van der Waals surface area (Å²) in [6.07, 6.45) is 0. The van der Waals surface area contributed by atoms with Crippen LogP contribution in [0.15, 0.2) is 146 Å². The van der Waals surface area contributed by atoms with Crippen molar-refractivity contribution in [1.29, 1.82) is 0 Å². The van der Waals surface area contributed by atoms with Crippen molar-refractivity contribution in [2.75, 3.05) is 0 Å². The molecule has 2 heteroatoms. The van der Waals surface area contributed by atoms with Crippen molar-refractivity contribution in [3.05, 3.63) is 157 Å². The maximum Gasteiger partial charge on any atom is 0.0402 e. The van der Waals surface area contributed by atoms with Gasteiger partial charge in [-0.1, -0.05) is 141 Å². The van der Waals surface area contributed by atoms with Crippen LogP contribution in [0.25, 0.3) is 106 Å². The van der Waals surface area contributed by atoms with Crippen molar-refractivity contribution in [3.8, 4) is 22.3 Å². The monoisotopic (exact) mass is 682 g/mol. The van der Waals surface area contributed by atoms with Gasteiger partial charge < -0.3 is 0 Å².